The molecule has 1 fully saturated rings. The summed E-state index contributed by atoms with van der Waals surface area (Å²) in [7, 11) is 0. The largest absolute Gasteiger partial charge is 0.337 e. The van der Waals surface area contributed by atoms with Crippen molar-refractivity contribution in [3.05, 3.63) is 11.6 Å². The van der Waals surface area contributed by atoms with Gasteiger partial charge in [0.05, 0.1) is 6.54 Å². The monoisotopic (exact) mass is 168 g/mol. The zero-order valence-corrected chi connectivity index (χ0v) is 7.97. The molecule has 1 rings (SSSR count). The van der Waals surface area contributed by atoms with E-state index in [4.69, 9.17) is 0 Å². The van der Waals surface area contributed by atoms with E-state index in [1.807, 2.05) is 13.0 Å². The molecule has 0 aromatic carbocycles. The Bertz CT molecular complexity index is 190. The number of quaternary nitrogens is 1. The predicted molar refractivity (Wildman–Crippen MR) is 48.9 cm³/mol. The molecule has 0 aliphatic carbocycles. The molecule has 1 atom stereocenters. The fourth-order valence-electron chi connectivity index (χ4n) is 1.71. The Morgan fingerprint density at radius 2 is 2.42 bits per heavy atom. The van der Waals surface area contributed by atoms with Crippen LogP contribution in [0.5, 0.6) is 0 Å². The van der Waals surface area contributed by atoms with Gasteiger partial charge in [-0.2, -0.15) is 0 Å². The van der Waals surface area contributed by atoms with Crippen LogP contribution < -0.4 is 5.32 Å². The molecule has 0 aromatic rings. The highest BCUT2D eigenvalue weighted by atomic mass is 16.1. The van der Waals surface area contributed by atoms with Crippen molar-refractivity contribution in [2.45, 2.75) is 39.2 Å². The Kier molecular flexibility index (Phi) is 3.48. The van der Waals surface area contributed by atoms with Crippen LogP contribution in [0.25, 0.3) is 0 Å². The number of hydrogen-bond donors (Lipinski definition) is 1. The summed E-state index contributed by atoms with van der Waals surface area (Å²) in [5.41, 5.74) is 0.945. The quantitative estimate of drug-likeness (QED) is 0.616. The lowest BCUT2D eigenvalue weighted by atomic mass is 10.0. The van der Waals surface area contributed by atoms with Gasteiger partial charge in [-0.25, -0.2) is 0 Å². The van der Waals surface area contributed by atoms with Crippen molar-refractivity contribution in [3.63, 3.8) is 0 Å². The Labute approximate surface area is 74.0 Å². The fourth-order valence-corrected chi connectivity index (χ4v) is 1.71. The molecule has 1 unspecified atom stereocenters. The molecule has 1 heterocycles. The SMILES string of the molecule is CCC=C(C)C(=O)C1CCC[NH2+]1. The third-order valence-corrected chi connectivity index (χ3v) is 2.41. The molecule has 1 aliphatic heterocycles. The highest BCUT2D eigenvalue weighted by Gasteiger charge is 2.26. The number of carbonyl (C=O) groups is 1. The summed E-state index contributed by atoms with van der Waals surface area (Å²) in [5, 5.41) is 2.16. The molecule has 0 bridgehead atoms. The molecule has 0 spiro atoms. The van der Waals surface area contributed by atoms with E-state index in [9.17, 15) is 4.79 Å². The molecule has 0 saturated carbocycles. The van der Waals surface area contributed by atoms with Crippen LogP contribution in [0.1, 0.15) is 33.1 Å². The summed E-state index contributed by atoms with van der Waals surface area (Å²) >= 11 is 0. The van der Waals surface area contributed by atoms with Crippen molar-refractivity contribution < 1.29 is 10.1 Å². The molecule has 68 valence electrons. The fraction of sp³-hybridized carbons (Fsp3) is 0.700. The van der Waals surface area contributed by atoms with Crippen molar-refractivity contribution in [2.75, 3.05) is 6.54 Å². The number of allylic oxidation sites excluding steroid dienone is 1. The molecule has 0 radical (unpaired) electrons. The van der Waals surface area contributed by atoms with E-state index >= 15 is 0 Å². The highest BCUT2D eigenvalue weighted by Crippen LogP contribution is 2.06. The maximum atomic E-state index is 11.6. The van der Waals surface area contributed by atoms with E-state index in [1.165, 1.54) is 6.42 Å². The zero-order valence-electron chi connectivity index (χ0n) is 7.97. The molecule has 0 aromatic heterocycles. The molecule has 1 aliphatic rings. The molecular weight excluding hydrogens is 150 g/mol. The second kappa shape index (κ2) is 4.41. The standard InChI is InChI=1S/C10H17NO/c1-3-5-8(2)10(12)9-6-4-7-11-9/h5,9,11H,3-4,6-7H2,1-2H3/p+1. The molecule has 2 nitrogen and oxygen atoms in total. The van der Waals surface area contributed by atoms with Crippen LogP contribution in [0, 0.1) is 0 Å². The van der Waals surface area contributed by atoms with Crippen LogP contribution in [0.2, 0.25) is 0 Å². The van der Waals surface area contributed by atoms with E-state index in [0.29, 0.717) is 5.78 Å². The third-order valence-electron chi connectivity index (χ3n) is 2.41. The van der Waals surface area contributed by atoms with Crippen molar-refractivity contribution >= 4 is 5.78 Å². The highest BCUT2D eigenvalue weighted by molar-refractivity contribution is 5.97. The first-order chi connectivity index (χ1) is 5.75. The van der Waals surface area contributed by atoms with Gasteiger partial charge in [-0.1, -0.05) is 13.0 Å². The van der Waals surface area contributed by atoms with Gasteiger partial charge in [0.15, 0.2) is 0 Å². The summed E-state index contributed by atoms with van der Waals surface area (Å²) in [5.74, 6) is 0.342. The first-order valence-electron chi connectivity index (χ1n) is 4.80. The number of hydrogen-bond acceptors (Lipinski definition) is 1. The van der Waals surface area contributed by atoms with Crippen molar-refractivity contribution in [2.24, 2.45) is 0 Å². The first-order valence-corrected chi connectivity index (χ1v) is 4.80. The number of nitrogens with two attached hydrogens (primary N) is 1. The van der Waals surface area contributed by atoms with Crippen molar-refractivity contribution in [3.8, 4) is 0 Å². The van der Waals surface area contributed by atoms with Gasteiger partial charge in [0, 0.05) is 12.8 Å². The van der Waals surface area contributed by atoms with Gasteiger partial charge in [-0.15, -0.1) is 0 Å². The van der Waals surface area contributed by atoms with Gasteiger partial charge in [0.1, 0.15) is 6.04 Å². The summed E-state index contributed by atoms with van der Waals surface area (Å²) in [6.07, 6.45) is 5.24. The van der Waals surface area contributed by atoms with Crippen LogP contribution in [0.4, 0.5) is 0 Å². The van der Waals surface area contributed by atoms with Gasteiger partial charge in [0.2, 0.25) is 5.78 Å². The summed E-state index contributed by atoms with van der Waals surface area (Å²) < 4.78 is 0. The lowest BCUT2D eigenvalue weighted by molar-refractivity contribution is -0.656. The molecule has 1 saturated heterocycles. The smallest absolute Gasteiger partial charge is 0.215 e. The van der Waals surface area contributed by atoms with Gasteiger partial charge in [0.25, 0.3) is 0 Å². The van der Waals surface area contributed by atoms with Gasteiger partial charge in [-0.3, -0.25) is 4.79 Å². The Balaban J connectivity index is 2.51. The molecule has 2 heteroatoms. The molecule has 2 N–H and O–H groups in total. The average Bonchev–Trinajstić information content (AvgIpc) is 2.55. The van der Waals surface area contributed by atoms with E-state index in [1.54, 1.807) is 0 Å². The normalized spacial score (nSPS) is 24.5. The summed E-state index contributed by atoms with van der Waals surface area (Å²) in [6, 6.07) is 0.229. The van der Waals surface area contributed by atoms with E-state index in [2.05, 4.69) is 12.2 Å². The minimum absolute atomic E-state index is 0.229. The zero-order chi connectivity index (χ0) is 8.97. The predicted octanol–water partition coefficient (Wildman–Crippen LogP) is 0.638. The maximum Gasteiger partial charge on any atom is 0.215 e. The van der Waals surface area contributed by atoms with E-state index in [-0.39, 0.29) is 6.04 Å². The Hall–Kier alpha value is -0.630. The van der Waals surface area contributed by atoms with E-state index < -0.39 is 0 Å². The molecular formula is C10H18NO+. The Morgan fingerprint density at radius 3 is 2.92 bits per heavy atom. The number of Topliss-reactive ketones (excluding diaryl/α,β-unsaturated/α-hetero) is 1. The minimum atomic E-state index is 0.229. The second-order valence-corrected chi connectivity index (χ2v) is 3.43. The Morgan fingerprint density at radius 1 is 1.67 bits per heavy atom. The topological polar surface area (TPSA) is 33.7 Å². The molecule has 0 amide bonds. The minimum Gasteiger partial charge on any atom is -0.337 e. The lowest BCUT2D eigenvalue weighted by Gasteiger charge is -2.05. The third kappa shape index (κ3) is 2.18. The number of ketones is 1. The second-order valence-electron chi connectivity index (χ2n) is 3.43. The summed E-state index contributed by atoms with van der Waals surface area (Å²) in [4.78, 5) is 11.6. The van der Waals surface area contributed by atoms with E-state index in [0.717, 1.165) is 25.0 Å². The van der Waals surface area contributed by atoms with Crippen LogP contribution in [-0.2, 0) is 4.79 Å². The number of carbonyl (C=O) groups excluding carboxylic acids is 1. The van der Waals surface area contributed by atoms with Gasteiger partial charge in [-0.05, 0) is 18.9 Å². The van der Waals surface area contributed by atoms with Crippen LogP contribution in [0.15, 0.2) is 11.6 Å². The maximum absolute atomic E-state index is 11.6. The van der Waals surface area contributed by atoms with Gasteiger partial charge < -0.3 is 5.32 Å². The average molecular weight is 168 g/mol. The molecule has 12 heavy (non-hydrogen) atoms. The van der Waals surface area contributed by atoms with Crippen LogP contribution >= 0.6 is 0 Å². The number of rotatable bonds is 3. The van der Waals surface area contributed by atoms with Crippen molar-refractivity contribution in [1.82, 2.24) is 0 Å². The van der Waals surface area contributed by atoms with Gasteiger partial charge >= 0.3 is 0 Å². The van der Waals surface area contributed by atoms with Crippen LogP contribution in [-0.4, -0.2) is 18.4 Å². The summed E-state index contributed by atoms with van der Waals surface area (Å²) in [6.45, 7) is 5.11. The van der Waals surface area contributed by atoms with Crippen LogP contribution in [0.3, 0.4) is 0 Å². The van der Waals surface area contributed by atoms with Crippen molar-refractivity contribution in [1.29, 1.82) is 0 Å². The lowest BCUT2D eigenvalue weighted by Crippen LogP contribution is -2.88. The first kappa shape index (κ1) is 9.46.